The van der Waals surface area contributed by atoms with Crippen LogP contribution < -0.4 is 5.32 Å². The second kappa shape index (κ2) is 5.93. The lowest BCUT2D eigenvalue weighted by atomic mass is 9.88. The van der Waals surface area contributed by atoms with E-state index in [2.05, 4.69) is 50.3 Å². The molecule has 1 spiro atoms. The van der Waals surface area contributed by atoms with Gasteiger partial charge in [-0.25, -0.2) is 4.98 Å². The Kier molecular flexibility index (Phi) is 3.57. The first-order valence-corrected chi connectivity index (χ1v) is 9.06. The van der Waals surface area contributed by atoms with Gasteiger partial charge in [0, 0.05) is 29.5 Å². The molecule has 0 saturated carbocycles. The molecule has 2 fully saturated rings. The van der Waals surface area contributed by atoms with Gasteiger partial charge >= 0.3 is 0 Å². The van der Waals surface area contributed by atoms with Crippen molar-refractivity contribution in [3.63, 3.8) is 0 Å². The molecule has 25 heavy (non-hydrogen) atoms. The fourth-order valence-corrected chi connectivity index (χ4v) is 4.28. The number of nitrogens with one attached hydrogen (secondary N) is 1. The summed E-state index contributed by atoms with van der Waals surface area (Å²) in [7, 11) is 0. The van der Waals surface area contributed by atoms with E-state index >= 15 is 0 Å². The molecule has 5 heteroatoms. The van der Waals surface area contributed by atoms with Gasteiger partial charge in [-0.1, -0.05) is 6.07 Å². The number of piperidine rings is 1. The van der Waals surface area contributed by atoms with Crippen molar-refractivity contribution in [2.24, 2.45) is 0 Å². The molecule has 0 bridgehead atoms. The number of hydrogen-bond acceptors (Lipinski definition) is 4. The van der Waals surface area contributed by atoms with Gasteiger partial charge in [0.25, 0.3) is 0 Å². The normalized spacial score (nSPS) is 22.6. The third-order valence-electron chi connectivity index (χ3n) is 5.63. The summed E-state index contributed by atoms with van der Waals surface area (Å²) in [5.41, 5.74) is 2.21. The van der Waals surface area contributed by atoms with Crippen LogP contribution in [0.1, 0.15) is 25.3 Å². The van der Waals surface area contributed by atoms with E-state index in [0.29, 0.717) is 6.04 Å². The van der Waals surface area contributed by atoms with Crippen molar-refractivity contribution in [3.8, 4) is 11.4 Å². The number of ether oxygens (including phenoxy) is 1. The SMILES string of the molecule is c1cnc2ccc(-c3nccn3C3COC4(CCNCC4)C3)cc2c1. The number of rotatable bonds is 2. The largest absolute Gasteiger partial charge is 0.373 e. The van der Waals surface area contributed by atoms with Crippen LogP contribution >= 0.6 is 0 Å². The van der Waals surface area contributed by atoms with E-state index in [0.717, 1.165) is 61.2 Å². The molecule has 128 valence electrons. The van der Waals surface area contributed by atoms with Gasteiger partial charge in [0.2, 0.25) is 0 Å². The maximum absolute atomic E-state index is 6.28. The Morgan fingerprint density at radius 2 is 2.04 bits per heavy atom. The summed E-state index contributed by atoms with van der Waals surface area (Å²) in [6.07, 6.45) is 9.11. The van der Waals surface area contributed by atoms with Gasteiger partial charge in [0.05, 0.1) is 23.8 Å². The molecule has 0 radical (unpaired) electrons. The van der Waals surface area contributed by atoms with Crippen molar-refractivity contribution >= 4 is 10.9 Å². The molecular formula is C20H22N4O. The minimum Gasteiger partial charge on any atom is -0.373 e. The van der Waals surface area contributed by atoms with E-state index in [-0.39, 0.29) is 5.60 Å². The average molecular weight is 334 g/mol. The van der Waals surface area contributed by atoms with E-state index in [9.17, 15) is 0 Å². The standard InChI is InChI=1S/C20H22N4O/c1-2-15-12-16(3-4-18(15)22-7-1)19-23-10-11-24(19)17-13-20(25-14-17)5-8-21-9-6-20/h1-4,7,10-12,17,21H,5-6,8-9,13-14H2. The molecule has 3 aromatic rings. The summed E-state index contributed by atoms with van der Waals surface area (Å²) in [5, 5.41) is 4.58. The second-order valence-corrected chi connectivity index (χ2v) is 7.17. The predicted octanol–water partition coefficient (Wildman–Crippen LogP) is 3.18. The molecule has 5 nitrogen and oxygen atoms in total. The lowest BCUT2D eigenvalue weighted by Crippen LogP contribution is -2.41. The van der Waals surface area contributed by atoms with Crippen molar-refractivity contribution in [2.45, 2.75) is 30.9 Å². The number of pyridine rings is 1. The van der Waals surface area contributed by atoms with E-state index in [1.54, 1.807) is 0 Å². The van der Waals surface area contributed by atoms with Crippen molar-refractivity contribution in [1.29, 1.82) is 0 Å². The first-order valence-electron chi connectivity index (χ1n) is 9.06. The second-order valence-electron chi connectivity index (χ2n) is 7.17. The first-order chi connectivity index (χ1) is 12.3. The molecule has 0 amide bonds. The Morgan fingerprint density at radius 1 is 1.12 bits per heavy atom. The highest BCUT2D eigenvalue weighted by molar-refractivity contribution is 5.83. The van der Waals surface area contributed by atoms with E-state index in [4.69, 9.17) is 4.74 Å². The Balaban J connectivity index is 1.47. The number of aromatic nitrogens is 3. The van der Waals surface area contributed by atoms with Crippen LogP contribution in [0.25, 0.3) is 22.3 Å². The van der Waals surface area contributed by atoms with E-state index in [1.807, 2.05) is 18.5 Å². The Labute approximate surface area is 147 Å². The number of nitrogens with zero attached hydrogens (tertiary/aromatic N) is 3. The lowest BCUT2D eigenvalue weighted by Gasteiger charge is -2.33. The van der Waals surface area contributed by atoms with Crippen molar-refractivity contribution in [3.05, 3.63) is 48.9 Å². The third-order valence-corrected chi connectivity index (χ3v) is 5.63. The molecule has 1 atom stereocenters. The maximum atomic E-state index is 6.28. The van der Waals surface area contributed by atoms with Gasteiger partial charge in [-0.3, -0.25) is 4.98 Å². The van der Waals surface area contributed by atoms with Crippen LogP contribution in [0.5, 0.6) is 0 Å². The van der Waals surface area contributed by atoms with E-state index in [1.165, 1.54) is 0 Å². The molecule has 2 aliphatic rings. The fourth-order valence-electron chi connectivity index (χ4n) is 4.28. The Morgan fingerprint density at radius 3 is 2.96 bits per heavy atom. The molecule has 2 aliphatic heterocycles. The first kappa shape index (κ1) is 15.0. The lowest BCUT2D eigenvalue weighted by molar-refractivity contribution is -0.0195. The summed E-state index contributed by atoms with van der Waals surface area (Å²) in [6, 6.07) is 10.8. The summed E-state index contributed by atoms with van der Waals surface area (Å²) >= 11 is 0. The molecule has 1 unspecified atom stereocenters. The summed E-state index contributed by atoms with van der Waals surface area (Å²) < 4.78 is 8.58. The van der Waals surface area contributed by atoms with Gasteiger partial charge in [0.1, 0.15) is 5.82 Å². The maximum Gasteiger partial charge on any atom is 0.140 e. The van der Waals surface area contributed by atoms with Gasteiger partial charge in [-0.2, -0.15) is 0 Å². The van der Waals surface area contributed by atoms with Crippen LogP contribution in [0.4, 0.5) is 0 Å². The highest BCUT2D eigenvalue weighted by Gasteiger charge is 2.42. The zero-order valence-corrected chi connectivity index (χ0v) is 14.2. The fraction of sp³-hybridized carbons (Fsp3) is 0.400. The zero-order chi connectivity index (χ0) is 16.7. The predicted molar refractivity (Wildman–Crippen MR) is 97.4 cm³/mol. The topological polar surface area (TPSA) is 52.0 Å². The van der Waals surface area contributed by atoms with Gasteiger partial charge in [-0.05, 0) is 56.6 Å². The van der Waals surface area contributed by atoms with Crippen molar-refractivity contribution in [1.82, 2.24) is 19.9 Å². The quantitative estimate of drug-likeness (QED) is 0.782. The summed E-state index contributed by atoms with van der Waals surface area (Å²) in [5.74, 6) is 1.02. The molecular weight excluding hydrogens is 312 g/mol. The van der Waals surface area contributed by atoms with E-state index < -0.39 is 0 Å². The molecule has 0 aliphatic carbocycles. The minimum absolute atomic E-state index is 0.0603. The minimum atomic E-state index is 0.0603. The summed E-state index contributed by atoms with van der Waals surface area (Å²) in [6.45, 7) is 2.89. The highest BCUT2D eigenvalue weighted by Crippen LogP contribution is 2.40. The number of benzene rings is 1. The van der Waals surface area contributed by atoms with Crippen LogP contribution in [-0.4, -0.2) is 39.8 Å². The van der Waals surface area contributed by atoms with Crippen LogP contribution in [0.2, 0.25) is 0 Å². The number of hydrogen-bond donors (Lipinski definition) is 1. The van der Waals surface area contributed by atoms with Crippen LogP contribution in [0.3, 0.4) is 0 Å². The van der Waals surface area contributed by atoms with Crippen LogP contribution in [0.15, 0.2) is 48.9 Å². The Bertz CT molecular complexity index is 897. The summed E-state index contributed by atoms with van der Waals surface area (Å²) in [4.78, 5) is 9.05. The molecule has 4 heterocycles. The molecule has 2 saturated heterocycles. The monoisotopic (exact) mass is 334 g/mol. The number of fused-ring (bicyclic) bond motifs is 1. The Hall–Kier alpha value is -2.24. The van der Waals surface area contributed by atoms with Gasteiger partial charge in [-0.15, -0.1) is 0 Å². The molecule has 2 aromatic heterocycles. The van der Waals surface area contributed by atoms with Crippen molar-refractivity contribution in [2.75, 3.05) is 19.7 Å². The van der Waals surface area contributed by atoms with Crippen LogP contribution in [-0.2, 0) is 4.74 Å². The molecule has 5 rings (SSSR count). The van der Waals surface area contributed by atoms with Crippen molar-refractivity contribution < 1.29 is 4.74 Å². The number of imidazole rings is 1. The average Bonchev–Trinajstić information content (AvgIpc) is 3.29. The molecule has 1 aromatic carbocycles. The van der Waals surface area contributed by atoms with Gasteiger partial charge < -0.3 is 14.6 Å². The smallest absolute Gasteiger partial charge is 0.140 e. The van der Waals surface area contributed by atoms with Crippen LogP contribution in [0, 0.1) is 0 Å². The third kappa shape index (κ3) is 2.64. The molecule has 1 N–H and O–H groups in total. The highest BCUT2D eigenvalue weighted by atomic mass is 16.5. The van der Waals surface area contributed by atoms with Gasteiger partial charge in [0.15, 0.2) is 0 Å². The zero-order valence-electron chi connectivity index (χ0n) is 14.2.